The number of ether oxygens (including phenoxy) is 1. The fourth-order valence-corrected chi connectivity index (χ4v) is 0.604. The molecule has 0 saturated heterocycles. The molecule has 0 amide bonds. The molecule has 1 N–H and O–H groups in total. The number of carbonyl (C=O) groups excluding carboxylic acids is 2. The first-order chi connectivity index (χ1) is 7.56. The molecule has 0 heterocycles. The number of esters is 1. The molecule has 0 aromatic rings. The van der Waals surface area contributed by atoms with Crippen molar-refractivity contribution in [2.75, 3.05) is 13.2 Å². The van der Waals surface area contributed by atoms with Crippen molar-refractivity contribution in [1.29, 1.82) is 0 Å². The molecule has 0 bridgehead atoms. The maximum absolute atomic E-state index is 10.8. The van der Waals surface area contributed by atoms with Gasteiger partial charge in [-0.2, -0.15) is 4.89 Å². The van der Waals surface area contributed by atoms with E-state index in [0.717, 1.165) is 6.08 Å². The average Bonchev–Trinajstić information content (AvgIpc) is 2.25. The van der Waals surface area contributed by atoms with Crippen molar-refractivity contribution in [3.8, 4) is 0 Å². The summed E-state index contributed by atoms with van der Waals surface area (Å²) >= 11 is 0. The minimum Gasteiger partial charge on any atom is -0.481 e. The summed E-state index contributed by atoms with van der Waals surface area (Å²) in [5.41, 5.74) is 0. The second-order valence-electron chi connectivity index (χ2n) is 2.54. The highest BCUT2D eigenvalue weighted by Crippen LogP contribution is 1.93. The zero-order chi connectivity index (χ0) is 12.4. The molecule has 90 valence electrons. The van der Waals surface area contributed by atoms with Crippen LogP contribution < -0.4 is 0 Å². The Morgan fingerprint density at radius 2 is 1.88 bits per heavy atom. The summed E-state index contributed by atoms with van der Waals surface area (Å²) in [4.78, 5) is 39.8. The number of rotatable bonds is 8. The summed E-state index contributed by atoms with van der Waals surface area (Å²) in [5, 5.41) is 8.26. The molecule has 7 nitrogen and oxygen atoms in total. The van der Waals surface area contributed by atoms with Crippen LogP contribution in [0.5, 0.6) is 0 Å². The molecular weight excluding hydrogens is 220 g/mol. The highest BCUT2D eigenvalue weighted by molar-refractivity contribution is 5.80. The lowest BCUT2D eigenvalue weighted by Gasteiger charge is -2.03. The molecule has 0 aromatic carbocycles. The summed E-state index contributed by atoms with van der Waals surface area (Å²) in [5.74, 6) is -2.48. The van der Waals surface area contributed by atoms with Crippen molar-refractivity contribution in [3.05, 3.63) is 12.7 Å². The third kappa shape index (κ3) is 8.70. The van der Waals surface area contributed by atoms with Crippen molar-refractivity contribution in [3.63, 3.8) is 0 Å². The SMILES string of the molecule is C=CC(=O)OOCCOC(=O)CCC(=O)O. The predicted octanol–water partition coefficient (Wildman–Crippen LogP) is 0.0552. The molecule has 0 aromatic heterocycles. The van der Waals surface area contributed by atoms with Gasteiger partial charge in [0.25, 0.3) is 0 Å². The molecule has 0 aliphatic carbocycles. The van der Waals surface area contributed by atoms with E-state index in [1.54, 1.807) is 0 Å². The van der Waals surface area contributed by atoms with Crippen LogP contribution in [0.4, 0.5) is 0 Å². The summed E-state index contributed by atoms with van der Waals surface area (Å²) < 4.78 is 4.56. The molecule has 0 aliphatic rings. The molecule has 0 atom stereocenters. The molecule has 16 heavy (non-hydrogen) atoms. The maximum Gasteiger partial charge on any atom is 0.365 e. The van der Waals surface area contributed by atoms with E-state index in [4.69, 9.17) is 5.11 Å². The van der Waals surface area contributed by atoms with Gasteiger partial charge in [0.1, 0.15) is 13.2 Å². The Labute approximate surface area is 91.5 Å². The molecule has 7 heteroatoms. The van der Waals surface area contributed by atoms with Crippen LogP contribution in [0.3, 0.4) is 0 Å². The molecule has 0 saturated carbocycles. The molecule has 0 radical (unpaired) electrons. The minimum absolute atomic E-state index is 0.122. The average molecular weight is 232 g/mol. The van der Waals surface area contributed by atoms with Crippen molar-refractivity contribution in [1.82, 2.24) is 0 Å². The monoisotopic (exact) mass is 232 g/mol. The smallest absolute Gasteiger partial charge is 0.365 e. The first kappa shape index (κ1) is 14.1. The lowest BCUT2D eigenvalue weighted by Crippen LogP contribution is -2.13. The van der Waals surface area contributed by atoms with E-state index >= 15 is 0 Å². The topological polar surface area (TPSA) is 99.1 Å². The number of aliphatic carboxylic acids is 1. The van der Waals surface area contributed by atoms with Crippen molar-refractivity contribution >= 4 is 17.9 Å². The van der Waals surface area contributed by atoms with E-state index in [9.17, 15) is 14.4 Å². The number of hydrogen-bond acceptors (Lipinski definition) is 6. The summed E-state index contributed by atoms with van der Waals surface area (Å²) in [7, 11) is 0. The number of carboxylic acid groups (broad SMARTS) is 1. The van der Waals surface area contributed by atoms with Crippen molar-refractivity contribution in [2.24, 2.45) is 0 Å². The van der Waals surface area contributed by atoms with Gasteiger partial charge in [-0.1, -0.05) is 6.58 Å². The Morgan fingerprint density at radius 3 is 2.44 bits per heavy atom. The quantitative estimate of drug-likeness (QED) is 0.207. The standard InChI is InChI=1S/C9H12O7/c1-2-8(12)16-15-6-5-14-9(13)4-3-7(10)11/h2H,1,3-6H2,(H,10,11). The third-order valence-corrected chi connectivity index (χ3v) is 1.28. The fourth-order valence-electron chi connectivity index (χ4n) is 0.604. The zero-order valence-electron chi connectivity index (χ0n) is 8.51. The fraction of sp³-hybridized carbons (Fsp3) is 0.444. The van der Waals surface area contributed by atoms with Gasteiger partial charge >= 0.3 is 17.9 Å². The highest BCUT2D eigenvalue weighted by Gasteiger charge is 2.06. The van der Waals surface area contributed by atoms with E-state index in [2.05, 4.69) is 21.1 Å². The van der Waals surface area contributed by atoms with Gasteiger partial charge in [0, 0.05) is 6.08 Å². The summed E-state index contributed by atoms with van der Waals surface area (Å²) in [6.07, 6.45) is 0.422. The largest absolute Gasteiger partial charge is 0.481 e. The van der Waals surface area contributed by atoms with Gasteiger partial charge in [0.15, 0.2) is 0 Å². The third-order valence-electron chi connectivity index (χ3n) is 1.28. The van der Waals surface area contributed by atoms with E-state index in [1.807, 2.05) is 0 Å². The van der Waals surface area contributed by atoms with Crippen LogP contribution in [0.1, 0.15) is 12.8 Å². The summed E-state index contributed by atoms with van der Waals surface area (Å²) in [6, 6.07) is 0. The first-order valence-corrected chi connectivity index (χ1v) is 4.39. The Kier molecular flexibility index (Phi) is 7.43. The van der Waals surface area contributed by atoms with Crippen LogP contribution in [-0.4, -0.2) is 36.2 Å². The van der Waals surface area contributed by atoms with Gasteiger partial charge in [-0.15, -0.1) is 0 Å². The lowest BCUT2D eigenvalue weighted by atomic mass is 10.3. The van der Waals surface area contributed by atoms with Gasteiger partial charge in [0.05, 0.1) is 12.8 Å². The first-order valence-electron chi connectivity index (χ1n) is 4.39. The van der Waals surface area contributed by atoms with Crippen molar-refractivity contribution in [2.45, 2.75) is 12.8 Å². The van der Waals surface area contributed by atoms with Gasteiger partial charge in [-0.05, 0) is 0 Å². The van der Waals surface area contributed by atoms with Gasteiger partial charge in [-0.3, -0.25) is 14.5 Å². The Hall–Kier alpha value is -1.89. The van der Waals surface area contributed by atoms with Gasteiger partial charge < -0.3 is 9.84 Å². The second kappa shape index (κ2) is 8.42. The maximum atomic E-state index is 10.8. The molecule has 0 rings (SSSR count). The molecule has 0 unspecified atom stereocenters. The summed E-state index contributed by atoms with van der Waals surface area (Å²) in [6.45, 7) is 2.88. The Balaban J connectivity index is 3.37. The van der Waals surface area contributed by atoms with Gasteiger partial charge in [-0.25, -0.2) is 4.79 Å². The second-order valence-corrected chi connectivity index (χ2v) is 2.54. The van der Waals surface area contributed by atoms with Crippen LogP contribution in [0, 0.1) is 0 Å². The van der Waals surface area contributed by atoms with Crippen LogP contribution >= 0.6 is 0 Å². The number of carboxylic acids is 1. The highest BCUT2D eigenvalue weighted by atomic mass is 17.2. The number of hydrogen-bond donors (Lipinski definition) is 1. The van der Waals surface area contributed by atoms with Crippen LogP contribution in [0.25, 0.3) is 0 Å². The van der Waals surface area contributed by atoms with E-state index in [1.165, 1.54) is 0 Å². The van der Waals surface area contributed by atoms with E-state index < -0.39 is 17.9 Å². The Bertz CT molecular complexity index is 271. The van der Waals surface area contributed by atoms with E-state index in [-0.39, 0.29) is 26.1 Å². The van der Waals surface area contributed by atoms with Crippen LogP contribution in [-0.2, 0) is 28.9 Å². The Morgan fingerprint density at radius 1 is 1.19 bits per heavy atom. The predicted molar refractivity (Wildman–Crippen MR) is 50.1 cm³/mol. The zero-order valence-corrected chi connectivity index (χ0v) is 8.51. The van der Waals surface area contributed by atoms with Crippen LogP contribution in [0.15, 0.2) is 12.7 Å². The minimum atomic E-state index is -1.08. The van der Waals surface area contributed by atoms with Crippen LogP contribution in [0.2, 0.25) is 0 Å². The van der Waals surface area contributed by atoms with E-state index in [0.29, 0.717) is 0 Å². The number of carbonyl (C=O) groups is 3. The van der Waals surface area contributed by atoms with Crippen molar-refractivity contribution < 1.29 is 34.0 Å². The molecule has 0 spiro atoms. The molecule has 0 aliphatic heterocycles. The normalized spacial score (nSPS) is 9.25. The molecule has 0 fully saturated rings. The molecular formula is C9H12O7. The van der Waals surface area contributed by atoms with Gasteiger partial charge in [0.2, 0.25) is 0 Å². The lowest BCUT2D eigenvalue weighted by molar-refractivity contribution is -0.270.